The molecule has 0 saturated heterocycles. The highest BCUT2D eigenvalue weighted by Crippen LogP contribution is 2.31. The SMILES string of the molecule is N[C@H](C(=O)O)C(I)c1ccc(O)cc1I.O.O. The van der Waals surface area contributed by atoms with Crippen molar-refractivity contribution in [3.63, 3.8) is 0 Å². The van der Waals surface area contributed by atoms with E-state index in [2.05, 4.69) is 0 Å². The largest absolute Gasteiger partial charge is 0.508 e. The number of aromatic hydroxyl groups is 1. The van der Waals surface area contributed by atoms with Gasteiger partial charge in [0, 0.05) is 3.57 Å². The Bertz CT molecular complexity index is 388. The Kier molecular flexibility index (Phi) is 9.05. The lowest BCUT2D eigenvalue weighted by molar-refractivity contribution is -0.138. The van der Waals surface area contributed by atoms with Crippen LogP contribution in [0, 0.1) is 3.57 Å². The molecule has 0 saturated carbocycles. The first-order valence-electron chi connectivity index (χ1n) is 4.04. The van der Waals surface area contributed by atoms with E-state index < -0.39 is 12.0 Å². The molecule has 8 N–H and O–H groups in total. The molecular formula is C9H13I2NO5. The predicted molar refractivity (Wildman–Crippen MR) is 80.4 cm³/mol. The summed E-state index contributed by atoms with van der Waals surface area (Å²) in [7, 11) is 0. The molecule has 0 amide bonds. The molecule has 2 atom stereocenters. The summed E-state index contributed by atoms with van der Waals surface area (Å²) < 4.78 is 0.497. The van der Waals surface area contributed by atoms with Crippen molar-refractivity contribution in [2.45, 2.75) is 9.97 Å². The quantitative estimate of drug-likeness (QED) is 0.430. The minimum absolute atomic E-state index is 0. The minimum atomic E-state index is -1.03. The van der Waals surface area contributed by atoms with E-state index in [0.717, 1.165) is 9.13 Å². The normalized spacial score (nSPS) is 12.9. The standard InChI is InChI=1S/C9H9I2NO3.2H2O/c10-6-3-4(13)1-2-5(6)7(11)8(12)9(14)15;;/h1-3,7-8,13H,12H2,(H,14,15);2*1H2/t7?,8-;;/m0../s1. The lowest BCUT2D eigenvalue weighted by Crippen LogP contribution is -2.34. The lowest BCUT2D eigenvalue weighted by Gasteiger charge is -2.16. The zero-order valence-electron chi connectivity index (χ0n) is 8.52. The molecule has 0 fully saturated rings. The van der Waals surface area contributed by atoms with Crippen LogP contribution < -0.4 is 5.73 Å². The van der Waals surface area contributed by atoms with Gasteiger partial charge in [0.15, 0.2) is 0 Å². The molecule has 98 valence electrons. The Morgan fingerprint density at radius 1 is 1.35 bits per heavy atom. The van der Waals surface area contributed by atoms with Crippen molar-refractivity contribution in [3.05, 3.63) is 27.3 Å². The van der Waals surface area contributed by atoms with Crippen LogP contribution in [0.5, 0.6) is 5.75 Å². The topological polar surface area (TPSA) is 147 Å². The second-order valence-corrected chi connectivity index (χ2v) is 5.48. The summed E-state index contributed by atoms with van der Waals surface area (Å²) in [6.07, 6.45) is 0. The maximum Gasteiger partial charge on any atom is 0.321 e. The molecule has 1 rings (SSSR count). The zero-order valence-corrected chi connectivity index (χ0v) is 12.8. The zero-order chi connectivity index (χ0) is 11.6. The summed E-state index contributed by atoms with van der Waals surface area (Å²) >= 11 is 4.04. The number of carbonyl (C=O) groups is 1. The first kappa shape index (κ1) is 19.2. The van der Waals surface area contributed by atoms with Crippen LogP contribution in [0.3, 0.4) is 0 Å². The molecule has 0 heterocycles. The van der Waals surface area contributed by atoms with Gasteiger partial charge in [-0.1, -0.05) is 28.7 Å². The first-order chi connectivity index (χ1) is 6.93. The average molecular weight is 469 g/mol. The van der Waals surface area contributed by atoms with E-state index in [-0.39, 0.29) is 20.6 Å². The van der Waals surface area contributed by atoms with Crippen molar-refractivity contribution in [1.82, 2.24) is 0 Å². The fourth-order valence-electron chi connectivity index (χ4n) is 1.06. The monoisotopic (exact) mass is 469 g/mol. The molecule has 0 spiro atoms. The molecule has 6 nitrogen and oxygen atoms in total. The van der Waals surface area contributed by atoms with Gasteiger partial charge in [-0.05, 0) is 40.3 Å². The van der Waals surface area contributed by atoms with Gasteiger partial charge in [-0.15, -0.1) is 0 Å². The van der Waals surface area contributed by atoms with Gasteiger partial charge in [-0.2, -0.15) is 0 Å². The van der Waals surface area contributed by atoms with Crippen LogP contribution in [-0.2, 0) is 4.79 Å². The van der Waals surface area contributed by atoms with Gasteiger partial charge >= 0.3 is 5.97 Å². The van der Waals surface area contributed by atoms with Gasteiger partial charge in [-0.25, -0.2) is 0 Å². The number of carboxylic acids is 1. The van der Waals surface area contributed by atoms with E-state index in [1.165, 1.54) is 6.07 Å². The van der Waals surface area contributed by atoms with Crippen LogP contribution in [0.2, 0.25) is 0 Å². The van der Waals surface area contributed by atoms with Crippen molar-refractivity contribution in [2.75, 3.05) is 0 Å². The number of aliphatic carboxylic acids is 1. The maximum atomic E-state index is 10.7. The highest BCUT2D eigenvalue weighted by atomic mass is 127. The van der Waals surface area contributed by atoms with Gasteiger partial charge in [0.25, 0.3) is 0 Å². The average Bonchev–Trinajstić information content (AvgIpc) is 2.15. The Balaban J connectivity index is 0. The first-order valence-corrected chi connectivity index (χ1v) is 6.36. The Morgan fingerprint density at radius 3 is 2.29 bits per heavy atom. The number of halogens is 2. The van der Waals surface area contributed by atoms with Crippen LogP contribution in [0.25, 0.3) is 0 Å². The molecule has 0 bridgehead atoms. The molecular weight excluding hydrogens is 456 g/mol. The summed E-state index contributed by atoms with van der Waals surface area (Å²) in [6, 6.07) is 3.86. The predicted octanol–water partition coefficient (Wildman–Crippen LogP) is 0.235. The van der Waals surface area contributed by atoms with Crippen molar-refractivity contribution in [3.8, 4) is 5.75 Å². The van der Waals surface area contributed by atoms with Crippen LogP contribution in [-0.4, -0.2) is 33.2 Å². The molecule has 0 aliphatic carbocycles. The molecule has 0 aliphatic rings. The summed E-state index contributed by atoms with van der Waals surface area (Å²) in [6.45, 7) is 0. The van der Waals surface area contributed by atoms with Crippen LogP contribution in [0.1, 0.15) is 9.49 Å². The minimum Gasteiger partial charge on any atom is -0.508 e. The van der Waals surface area contributed by atoms with E-state index in [0.29, 0.717) is 0 Å². The van der Waals surface area contributed by atoms with E-state index >= 15 is 0 Å². The Morgan fingerprint density at radius 2 is 1.88 bits per heavy atom. The Labute approximate surface area is 125 Å². The molecule has 1 unspecified atom stereocenters. The van der Waals surface area contributed by atoms with Crippen molar-refractivity contribution >= 4 is 51.2 Å². The second kappa shape index (κ2) is 8.02. The number of hydrogen-bond acceptors (Lipinski definition) is 3. The van der Waals surface area contributed by atoms with Gasteiger partial charge in [-0.3, -0.25) is 4.79 Å². The smallest absolute Gasteiger partial charge is 0.321 e. The fourth-order valence-corrected chi connectivity index (χ4v) is 3.34. The van der Waals surface area contributed by atoms with Gasteiger partial charge in [0.2, 0.25) is 0 Å². The summed E-state index contributed by atoms with van der Waals surface area (Å²) in [5, 5.41) is 18.0. The molecule has 17 heavy (non-hydrogen) atoms. The number of carboxylic acid groups (broad SMARTS) is 1. The number of phenols is 1. The lowest BCUT2D eigenvalue weighted by atomic mass is 10.1. The fraction of sp³-hybridized carbons (Fsp3) is 0.222. The molecule has 1 aromatic carbocycles. The number of rotatable bonds is 3. The molecule has 0 aliphatic heterocycles. The summed E-state index contributed by atoms with van der Waals surface area (Å²) in [5.74, 6) is -0.867. The van der Waals surface area contributed by atoms with Gasteiger partial charge < -0.3 is 26.9 Å². The summed E-state index contributed by atoms with van der Waals surface area (Å²) in [5.41, 5.74) is 6.35. The van der Waals surface area contributed by atoms with E-state index in [1.807, 2.05) is 45.2 Å². The third-order valence-corrected chi connectivity index (χ3v) is 4.26. The number of benzene rings is 1. The number of nitrogens with two attached hydrogens (primary N) is 1. The molecule has 1 aromatic rings. The van der Waals surface area contributed by atoms with E-state index in [1.54, 1.807) is 12.1 Å². The highest BCUT2D eigenvalue weighted by Gasteiger charge is 2.24. The van der Waals surface area contributed by atoms with Crippen LogP contribution in [0.4, 0.5) is 0 Å². The molecule has 8 heteroatoms. The van der Waals surface area contributed by atoms with Crippen LogP contribution >= 0.6 is 45.2 Å². The second-order valence-electron chi connectivity index (χ2n) is 2.97. The van der Waals surface area contributed by atoms with Crippen molar-refractivity contribution in [1.29, 1.82) is 0 Å². The third-order valence-electron chi connectivity index (χ3n) is 1.88. The molecule has 0 aromatic heterocycles. The van der Waals surface area contributed by atoms with Crippen molar-refractivity contribution in [2.24, 2.45) is 5.73 Å². The maximum absolute atomic E-state index is 10.7. The highest BCUT2D eigenvalue weighted by molar-refractivity contribution is 14.1. The van der Waals surface area contributed by atoms with Crippen LogP contribution in [0.15, 0.2) is 18.2 Å². The van der Waals surface area contributed by atoms with E-state index in [4.69, 9.17) is 10.8 Å². The molecule has 0 radical (unpaired) electrons. The number of hydrogen-bond donors (Lipinski definition) is 3. The van der Waals surface area contributed by atoms with Crippen molar-refractivity contribution < 1.29 is 26.0 Å². The van der Waals surface area contributed by atoms with Gasteiger partial charge in [0.1, 0.15) is 11.8 Å². The Hall–Kier alpha value is -0.170. The number of phenolic OH excluding ortho intramolecular Hbond substituents is 1. The number of alkyl halides is 1. The third kappa shape index (κ3) is 4.91. The summed E-state index contributed by atoms with van der Waals surface area (Å²) in [4.78, 5) is 10.7. The van der Waals surface area contributed by atoms with E-state index in [9.17, 15) is 9.90 Å². The van der Waals surface area contributed by atoms with Gasteiger partial charge in [0.05, 0.1) is 3.92 Å².